The fraction of sp³-hybridized carbons (Fsp3) is 0.562. The molecule has 0 amide bonds. The molecule has 1 atom stereocenters. The van der Waals surface area contributed by atoms with Crippen LogP contribution in [0.1, 0.15) is 30.9 Å². The summed E-state index contributed by atoms with van der Waals surface area (Å²) in [7, 11) is 2.21. The summed E-state index contributed by atoms with van der Waals surface area (Å²) in [6, 6.07) is 8.56. The van der Waals surface area contributed by atoms with Gasteiger partial charge in [0.15, 0.2) is 5.84 Å². The summed E-state index contributed by atoms with van der Waals surface area (Å²) < 4.78 is 0. The predicted octanol–water partition coefficient (Wildman–Crippen LogP) is 1.70. The molecule has 1 heterocycles. The van der Waals surface area contributed by atoms with Crippen molar-refractivity contribution in [1.29, 1.82) is 0 Å². The van der Waals surface area contributed by atoms with Gasteiger partial charge in [0.05, 0.1) is 0 Å². The van der Waals surface area contributed by atoms with Crippen molar-refractivity contribution in [1.82, 2.24) is 9.80 Å². The van der Waals surface area contributed by atoms with Crippen LogP contribution < -0.4 is 5.73 Å². The molecule has 21 heavy (non-hydrogen) atoms. The van der Waals surface area contributed by atoms with E-state index in [0.29, 0.717) is 6.04 Å². The predicted molar refractivity (Wildman–Crippen MR) is 85.6 cm³/mol. The van der Waals surface area contributed by atoms with E-state index >= 15 is 0 Å². The van der Waals surface area contributed by atoms with Crippen molar-refractivity contribution in [3.63, 3.8) is 0 Å². The molecular formula is C16H26N4O. The molecule has 1 aromatic rings. The number of hydrogen-bond donors (Lipinski definition) is 2. The van der Waals surface area contributed by atoms with Crippen molar-refractivity contribution in [2.45, 2.75) is 32.4 Å². The molecule has 1 fully saturated rings. The molecule has 5 nitrogen and oxygen atoms in total. The molecule has 3 N–H and O–H groups in total. The van der Waals surface area contributed by atoms with E-state index in [1.807, 2.05) is 12.1 Å². The Labute approximate surface area is 127 Å². The molecule has 0 aromatic heterocycles. The van der Waals surface area contributed by atoms with Gasteiger partial charge < -0.3 is 15.8 Å². The quantitative estimate of drug-likeness (QED) is 0.383. The minimum Gasteiger partial charge on any atom is -0.409 e. The standard InChI is InChI=1S/C16H26N4O/c1-3-15-12-19(2)9-4-10-20(15)11-13-5-7-14(8-6-13)16(17)18-21/h5-8,15,21H,3-4,9-12H2,1-2H3,(H2,17,18). The zero-order chi connectivity index (χ0) is 15.2. The van der Waals surface area contributed by atoms with Crippen molar-refractivity contribution in [2.75, 3.05) is 26.7 Å². The van der Waals surface area contributed by atoms with Crippen LogP contribution >= 0.6 is 0 Å². The molecule has 1 aromatic carbocycles. The van der Waals surface area contributed by atoms with E-state index in [2.05, 4.69) is 41.1 Å². The Bertz CT molecular complexity index is 472. The number of amidine groups is 1. The van der Waals surface area contributed by atoms with Crippen LogP contribution in [-0.2, 0) is 6.54 Å². The third-order valence-corrected chi connectivity index (χ3v) is 4.24. The molecule has 116 valence electrons. The first-order valence-electron chi connectivity index (χ1n) is 7.63. The van der Waals surface area contributed by atoms with Crippen LogP contribution in [0.2, 0.25) is 0 Å². The molecule has 0 radical (unpaired) electrons. The van der Waals surface area contributed by atoms with Gasteiger partial charge in [0.2, 0.25) is 0 Å². The minimum atomic E-state index is 0.157. The third kappa shape index (κ3) is 4.19. The normalized spacial score (nSPS) is 22.2. The van der Waals surface area contributed by atoms with Gasteiger partial charge in [-0.1, -0.05) is 36.3 Å². The number of hydrogen-bond acceptors (Lipinski definition) is 4. The summed E-state index contributed by atoms with van der Waals surface area (Å²) in [6.07, 6.45) is 2.39. The third-order valence-electron chi connectivity index (χ3n) is 4.24. The average molecular weight is 290 g/mol. The maximum atomic E-state index is 8.69. The van der Waals surface area contributed by atoms with Gasteiger partial charge in [-0.3, -0.25) is 4.90 Å². The molecule has 1 aliphatic rings. The van der Waals surface area contributed by atoms with E-state index in [4.69, 9.17) is 10.9 Å². The SMILES string of the molecule is CCC1CN(C)CCCN1Cc1ccc(/C(N)=N/O)cc1. The van der Waals surface area contributed by atoms with Crippen LogP contribution in [-0.4, -0.2) is 53.6 Å². The van der Waals surface area contributed by atoms with Gasteiger partial charge in [-0.05, 0) is 32.0 Å². The number of oxime groups is 1. The van der Waals surface area contributed by atoms with E-state index in [1.165, 1.54) is 24.9 Å². The zero-order valence-electron chi connectivity index (χ0n) is 13.0. The minimum absolute atomic E-state index is 0.157. The van der Waals surface area contributed by atoms with Gasteiger partial charge in [0.25, 0.3) is 0 Å². The summed E-state index contributed by atoms with van der Waals surface area (Å²) in [5.41, 5.74) is 7.62. The highest BCUT2D eigenvalue weighted by molar-refractivity contribution is 5.96. The van der Waals surface area contributed by atoms with Crippen molar-refractivity contribution >= 4 is 5.84 Å². The Morgan fingerprint density at radius 3 is 2.67 bits per heavy atom. The van der Waals surface area contributed by atoms with Crippen LogP contribution in [0.4, 0.5) is 0 Å². The Morgan fingerprint density at radius 2 is 2.05 bits per heavy atom. The molecule has 0 bridgehead atoms. The summed E-state index contributed by atoms with van der Waals surface area (Å²) in [6.45, 7) is 6.68. The van der Waals surface area contributed by atoms with Gasteiger partial charge in [0.1, 0.15) is 0 Å². The number of likely N-dealkylation sites (N-methyl/N-ethyl adjacent to an activating group) is 1. The van der Waals surface area contributed by atoms with Crippen molar-refractivity contribution in [3.05, 3.63) is 35.4 Å². The Kier molecular flexibility index (Phi) is 5.59. The first-order valence-corrected chi connectivity index (χ1v) is 7.63. The van der Waals surface area contributed by atoms with Crippen LogP contribution in [0, 0.1) is 0 Å². The molecule has 5 heteroatoms. The second-order valence-electron chi connectivity index (χ2n) is 5.83. The summed E-state index contributed by atoms with van der Waals surface area (Å²) in [4.78, 5) is 5.00. The fourth-order valence-corrected chi connectivity index (χ4v) is 2.96. The summed E-state index contributed by atoms with van der Waals surface area (Å²) in [5.74, 6) is 0.157. The smallest absolute Gasteiger partial charge is 0.170 e. The zero-order valence-corrected chi connectivity index (χ0v) is 13.0. The van der Waals surface area contributed by atoms with Crippen LogP contribution in [0.5, 0.6) is 0 Å². The molecule has 0 spiro atoms. The molecule has 1 unspecified atom stereocenters. The topological polar surface area (TPSA) is 65.1 Å². The van der Waals surface area contributed by atoms with Crippen LogP contribution in [0.15, 0.2) is 29.4 Å². The molecule has 1 aliphatic heterocycles. The van der Waals surface area contributed by atoms with Gasteiger partial charge in [-0.15, -0.1) is 0 Å². The maximum absolute atomic E-state index is 8.69. The summed E-state index contributed by atoms with van der Waals surface area (Å²) >= 11 is 0. The van der Waals surface area contributed by atoms with E-state index in [0.717, 1.165) is 25.2 Å². The fourth-order valence-electron chi connectivity index (χ4n) is 2.96. The first-order chi connectivity index (χ1) is 10.1. The monoisotopic (exact) mass is 290 g/mol. The second kappa shape index (κ2) is 7.43. The van der Waals surface area contributed by atoms with E-state index < -0.39 is 0 Å². The highest BCUT2D eigenvalue weighted by Gasteiger charge is 2.21. The number of nitrogens with two attached hydrogens (primary N) is 1. The van der Waals surface area contributed by atoms with Crippen LogP contribution in [0.25, 0.3) is 0 Å². The molecule has 0 aliphatic carbocycles. The Balaban J connectivity index is 2.05. The molecule has 0 saturated carbocycles. The lowest BCUT2D eigenvalue weighted by Gasteiger charge is -2.30. The lowest BCUT2D eigenvalue weighted by molar-refractivity contribution is 0.176. The Morgan fingerprint density at radius 1 is 1.33 bits per heavy atom. The number of benzene rings is 1. The molecule has 2 rings (SSSR count). The average Bonchev–Trinajstić information content (AvgIpc) is 2.68. The van der Waals surface area contributed by atoms with Crippen molar-refractivity contribution < 1.29 is 5.21 Å². The van der Waals surface area contributed by atoms with E-state index in [1.54, 1.807) is 0 Å². The summed E-state index contributed by atoms with van der Waals surface area (Å²) in [5, 5.41) is 11.7. The van der Waals surface area contributed by atoms with Crippen LogP contribution in [0.3, 0.4) is 0 Å². The Hall–Kier alpha value is -1.59. The highest BCUT2D eigenvalue weighted by Crippen LogP contribution is 2.16. The van der Waals surface area contributed by atoms with E-state index in [9.17, 15) is 0 Å². The van der Waals surface area contributed by atoms with Gasteiger partial charge in [0, 0.05) is 31.2 Å². The highest BCUT2D eigenvalue weighted by atomic mass is 16.4. The largest absolute Gasteiger partial charge is 0.409 e. The molecule has 1 saturated heterocycles. The molecular weight excluding hydrogens is 264 g/mol. The first kappa shape index (κ1) is 15.8. The van der Waals surface area contributed by atoms with Crippen molar-refractivity contribution in [3.8, 4) is 0 Å². The second-order valence-corrected chi connectivity index (χ2v) is 5.83. The van der Waals surface area contributed by atoms with Gasteiger partial charge in [-0.2, -0.15) is 0 Å². The van der Waals surface area contributed by atoms with Gasteiger partial charge >= 0.3 is 0 Å². The lowest BCUT2D eigenvalue weighted by Crippen LogP contribution is -2.39. The lowest BCUT2D eigenvalue weighted by atomic mass is 10.1. The number of nitrogens with zero attached hydrogens (tertiary/aromatic N) is 3. The van der Waals surface area contributed by atoms with Gasteiger partial charge in [-0.25, -0.2) is 0 Å². The van der Waals surface area contributed by atoms with E-state index in [-0.39, 0.29) is 5.84 Å². The van der Waals surface area contributed by atoms with Crippen molar-refractivity contribution in [2.24, 2.45) is 10.9 Å². The maximum Gasteiger partial charge on any atom is 0.170 e. The number of rotatable bonds is 4.